The molecule has 18 heavy (non-hydrogen) atoms. The highest BCUT2D eigenvalue weighted by molar-refractivity contribution is 6.28. The van der Waals surface area contributed by atoms with Crippen LogP contribution in [0.15, 0.2) is 24.3 Å². The van der Waals surface area contributed by atoms with E-state index in [0.717, 1.165) is 5.82 Å². The number of benzene rings is 1. The van der Waals surface area contributed by atoms with Gasteiger partial charge in [0.25, 0.3) is 0 Å². The van der Waals surface area contributed by atoms with Crippen molar-refractivity contribution in [1.29, 1.82) is 0 Å². The Balaban J connectivity index is 2.49. The molecule has 0 N–H and O–H groups in total. The van der Waals surface area contributed by atoms with Gasteiger partial charge in [-0.1, -0.05) is 32.0 Å². The maximum absolute atomic E-state index is 13.8. The average Bonchev–Trinajstić information content (AvgIpc) is 2.71. The summed E-state index contributed by atoms with van der Waals surface area (Å²) in [5.74, 6) is 0.694. The summed E-state index contributed by atoms with van der Waals surface area (Å²) in [7, 11) is 0. The molecule has 0 bridgehead atoms. The van der Waals surface area contributed by atoms with Crippen LogP contribution in [0, 0.1) is 5.82 Å². The standard InChI is InChI=1S/C13H15ClFN3/c1-8(2)12-16-17-13(14)18(12)9(3)10-6-4-5-7-11(10)15/h4-9H,1-3H3. The Morgan fingerprint density at radius 3 is 2.44 bits per heavy atom. The molecule has 0 aliphatic carbocycles. The number of halogens is 2. The van der Waals surface area contributed by atoms with Crippen molar-refractivity contribution in [2.24, 2.45) is 0 Å². The first-order valence-electron chi connectivity index (χ1n) is 5.87. The number of aromatic nitrogens is 3. The van der Waals surface area contributed by atoms with Crippen LogP contribution in [-0.4, -0.2) is 14.8 Å². The number of rotatable bonds is 3. The van der Waals surface area contributed by atoms with Gasteiger partial charge < -0.3 is 0 Å². The van der Waals surface area contributed by atoms with Crippen molar-refractivity contribution >= 4 is 11.6 Å². The van der Waals surface area contributed by atoms with Crippen molar-refractivity contribution in [1.82, 2.24) is 14.8 Å². The first-order chi connectivity index (χ1) is 8.52. The van der Waals surface area contributed by atoms with Crippen LogP contribution in [0.5, 0.6) is 0 Å². The smallest absolute Gasteiger partial charge is 0.225 e. The van der Waals surface area contributed by atoms with Crippen LogP contribution in [0.25, 0.3) is 0 Å². The van der Waals surface area contributed by atoms with Gasteiger partial charge in [-0.15, -0.1) is 10.2 Å². The minimum Gasteiger partial charge on any atom is -0.294 e. The Kier molecular flexibility index (Phi) is 3.66. The zero-order chi connectivity index (χ0) is 13.3. The van der Waals surface area contributed by atoms with E-state index in [1.54, 1.807) is 16.7 Å². The van der Waals surface area contributed by atoms with E-state index in [0.29, 0.717) is 5.56 Å². The third kappa shape index (κ3) is 2.25. The monoisotopic (exact) mass is 267 g/mol. The maximum atomic E-state index is 13.8. The second-order valence-electron chi connectivity index (χ2n) is 4.55. The van der Waals surface area contributed by atoms with E-state index in [2.05, 4.69) is 10.2 Å². The number of hydrogen-bond acceptors (Lipinski definition) is 2. The molecule has 0 saturated carbocycles. The molecule has 1 unspecified atom stereocenters. The molecule has 0 radical (unpaired) electrons. The Bertz CT molecular complexity index is 551. The molecular weight excluding hydrogens is 253 g/mol. The summed E-state index contributed by atoms with van der Waals surface area (Å²) in [6, 6.07) is 6.44. The van der Waals surface area contributed by atoms with Gasteiger partial charge in [0.05, 0.1) is 6.04 Å². The lowest BCUT2D eigenvalue weighted by Gasteiger charge is -2.18. The first-order valence-corrected chi connectivity index (χ1v) is 6.25. The van der Waals surface area contributed by atoms with E-state index < -0.39 is 0 Å². The average molecular weight is 268 g/mol. The van der Waals surface area contributed by atoms with Gasteiger partial charge in [0.2, 0.25) is 5.28 Å². The molecule has 0 aliphatic heterocycles. The minimum absolute atomic E-state index is 0.180. The highest BCUT2D eigenvalue weighted by atomic mass is 35.5. The summed E-state index contributed by atoms with van der Waals surface area (Å²) in [5, 5.41) is 8.21. The second-order valence-corrected chi connectivity index (χ2v) is 4.89. The van der Waals surface area contributed by atoms with Crippen molar-refractivity contribution in [2.75, 3.05) is 0 Å². The fourth-order valence-corrected chi connectivity index (χ4v) is 2.26. The Labute approximate surface area is 111 Å². The molecule has 0 spiro atoms. The van der Waals surface area contributed by atoms with Gasteiger partial charge in [0, 0.05) is 11.5 Å². The minimum atomic E-state index is -0.246. The predicted octanol–water partition coefficient (Wildman–Crippen LogP) is 3.80. The van der Waals surface area contributed by atoms with Crippen molar-refractivity contribution < 1.29 is 4.39 Å². The van der Waals surface area contributed by atoms with Crippen LogP contribution in [0.3, 0.4) is 0 Å². The highest BCUT2D eigenvalue weighted by Gasteiger charge is 2.21. The van der Waals surface area contributed by atoms with Crippen LogP contribution < -0.4 is 0 Å². The summed E-state index contributed by atoms with van der Waals surface area (Å²) in [6.45, 7) is 5.90. The van der Waals surface area contributed by atoms with Gasteiger partial charge >= 0.3 is 0 Å². The highest BCUT2D eigenvalue weighted by Crippen LogP contribution is 2.27. The normalized spacial score (nSPS) is 13.0. The van der Waals surface area contributed by atoms with Gasteiger partial charge in [-0.2, -0.15) is 0 Å². The fourth-order valence-electron chi connectivity index (χ4n) is 1.99. The molecule has 0 saturated heterocycles. The van der Waals surface area contributed by atoms with Crippen LogP contribution in [-0.2, 0) is 0 Å². The van der Waals surface area contributed by atoms with Gasteiger partial charge in [-0.05, 0) is 24.6 Å². The second kappa shape index (κ2) is 5.06. The van der Waals surface area contributed by atoms with Crippen molar-refractivity contribution in [2.45, 2.75) is 32.7 Å². The zero-order valence-electron chi connectivity index (χ0n) is 10.6. The molecular formula is C13H15ClFN3. The molecule has 1 heterocycles. The molecule has 1 aromatic carbocycles. The van der Waals surface area contributed by atoms with Gasteiger partial charge in [0.15, 0.2) is 0 Å². The Hall–Kier alpha value is -1.42. The van der Waals surface area contributed by atoms with E-state index in [1.807, 2.05) is 26.8 Å². The van der Waals surface area contributed by atoms with Crippen LogP contribution >= 0.6 is 11.6 Å². The van der Waals surface area contributed by atoms with Crippen LogP contribution in [0.2, 0.25) is 5.28 Å². The third-order valence-corrected chi connectivity index (χ3v) is 3.20. The van der Waals surface area contributed by atoms with Crippen molar-refractivity contribution in [3.63, 3.8) is 0 Å². The van der Waals surface area contributed by atoms with E-state index in [1.165, 1.54) is 6.07 Å². The molecule has 2 aromatic rings. The van der Waals surface area contributed by atoms with E-state index in [9.17, 15) is 4.39 Å². The number of nitrogens with zero attached hydrogens (tertiary/aromatic N) is 3. The van der Waals surface area contributed by atoms with Crippen LogP contribution in [0.4, 0.5) is 4.39 Å². The van der Waals surface area contributed by atoms with Crippen LogP contribution in [0.1, 0.15) is 44.1 Å². The first kappa shape index (κ1) is 13.0. The van der Waals surface area contributed by atoms with E-state index >= 15 is 0 Å². The molecule has 0 amide bonds. The zero-order valence-corrected chi connectivity index (χ0v) is 11.3. The molecule has 1 aromatic heterocycles. The molecule has 96 valence electrons. The topological polar surface area (TPSA) is 30.7 Å². The Morgan fingerprint density at radius 2 is 1.83 bits per heavy atom. The van der Waals surface area contributed by atoms with E-state index in [-0.39, 0.29) is 23.1 Å². The lowest BCUT2D eigenvalue weighted by molar-refractivity contribution is 0.534. The van der Waals surface area contributed by atoms with Crippen molar-refractivity contribution in [3.05, 3.63) is 46.8 Å². The molecule has 2 rings (SSSR count). The fraction of sp³-hybridized carbons (Fsp3) is 0.385. The molecule has 1 atom stereocenters. The van der Waals surface area contributed by atoms with E-state index in [4.69, 9.17) is 11.6 Å². The third-order valence-electron chi connectivity index (χ3n) is 2.94. The lowest BCUT2D eigenvalue weighted by atomic mass is 10.1. The summed E-state index contributed by atoms with van der Waals surface area (Å²) in [5.41, 5.74) is 0.584. The lowest BCUT2D eigenvalue weighted by Crippen LogP contribution is -2.13. The predicted molar refractivity (Wildman–Crippen MR) is 69.3 cm³/mol. The molecule has 3 nitrogen and oxygen atoms in total. The van der Waals surface area contributed by atoms with Gasteiger partial charge in [0.1, 0.15) is 11.6 Å². The SMILES string of the molecule is CC(C)c1nnc(Cl)n1C(C)c1ccccc1F. The molecule has 0 aliphatic rings. The molecule has 5 heteroatoms. The number of hydrogen-bond donors (Lipinski definition) is 0. The summed E-state index contributed by atoms with van der Waals surface area (Å²) in [4.78, 5) is 0. The Morgan fingerprint density at radius 1 is 1.17 bits per heavy atom. The summed E-state index contributed by atoms with van der Waals surface area (Å²) in [6.07, 6.45) is 0. The quantitative estimate of drug-likeness (QED) is 0.847. The largest absolute Gasteiger partial charge is 0.294 e. The summed E-state index contributed by atoms with van der Waals surface area (Å²) >= 11 is 6.05. The maximum Gasteiger partial charge on any atom is 0.225 e. The van der Waals surface area contributed by atoms with Gasteiger partial charge in [-0.25, -0.2) is 4.39 Å². The summed E-state index contributed by atoms with van der Waals surface area (Å²) < 4.78 is 15.6. The van der Waals surface area contributed by atoms with Gasteiger partial charge in [-0.3, -0.25) is 4.57 Å². The molecule has 0 fully saturated rings. The van der Waals surface area contributed by atoms with Crippen molar-refractivity contribution in [3.8, 4) is 0 Å².